The van der Waals surface area contributed by atoms with Crippen molar-refractivity contribution < 1.29 is 23.4 Å². The second-order valence-electron chi connectivity index (χ2n) is 6.91. The molecule has 4 rings (SSSR count). The molecule has 1 N–H and O–H groups in total. The monoisotopic (exact) mass is 399 g/mol. The summed E-state index contributed by atoms with van der Waals surface area (Å²) in [6, 6.07) is 5.74. The molecule has 1 aromatic carbocycles. The molecule has 1 aliphatic heterocycles. The van der Waals surface area contributed by atoms with Crippen LogP contribution in [0.3, 0.4) is 0 Å². The number of halogens is 1. The number of aromatic nitrogens is 2. The van der Waals surface area contributed by atoms with Crippen LogP contribution in [-0.2, 0) is 4.74 Å². The van der Waals surface area contributed by atoms with E-state index in [1.807, 2.05) is 10.6 Å². The molecule has 0 saturated carbocycles. The number of carbonyl (C=O) groups is 1. The summed E-state index contributed by atoms with van der Waals surface area (Å²) >= 11 is 0. The topological polar surface area (TPSA) is 74.1 Å². The Bertz CT molecular complexity index is 1040. The summed E-state index contributed by atoms with van der Waals surface area (Å²) in [7, 11) is 2.93. The smallest absolute Gasteiger partial charge is 0.260 e. The zero-order chi connectivity index (χ0) is 20.4. The van der Waals surface area contributed by atoms with E-state index < -0.39 is 11.7 Å². The molecule has 29 heavy (non-hydrogen) atoms. The molecular weight excluding hydrogens is 377 g/mol. The summed E-state index contributed by atoms with van der Waals surface area (Å²) in [4.78, 5) is 17.5. The average Bonchev–Trinajstić information content (AvgIpc) is 3.16. The molecular formula is C21H22FN3O4. The van der Waals surface area contributed by atoms with Crippen LogP contribution < -0.4 is 14.8 Å². The normalized spacial score (nSPS) is 14.7. The molecule has 2 aromatic heterocycles. The van der Waals surface area contributed by atoms with Gasteiger partial charge in [-0.1, -0.05) is 0 Å². The minimum Gasteiger partial charge on any atom is -0.497 e. The number of imidazole rings is 1. The highest BCUT2D eigenvalue weighted by molar-refractivity contribution is 6.06. The third kappa shape index (κ3) is 4.02. The van der Waals surface area contributed by atoms with Gasteiger partial charge in [0.2, 0.25) is 0 Å². The van der Waals surface area contributed by atoms with E-state index in [1.165, 1.54) is 26.4 Å². The van der Waals surface area contributed by atoms with E-state index in [0.29, 0.717) is 34.3 Å². The standard InChI is InChI=1S/C21H22FN3O4/c1-27-16-8-14(22)7-15(9-16)23-21(26)17-11-25-12-18(13-3-5-29-6-4-13)24-20(25)10-19(17)28-2/h7-13H,3-6H2,1-2H3,(H,23,26). The number of ether oxygens (including phenoxy) is 3. The zero-order valence-electron chi connectivity index (χ0n) is 16.3. The van der Waals surface area contributed by atoms with Gasteiger partial charge in [0.15, 0.2) is 0 Å². The summed E-state index contributed by atoms with van der Waals surface area (Å²) in [6.45, 7) is 1.46. The molecule has 8 heteroatoms. The van der Waals surface area contributed by atoms with Crippen molar-refractivity contribution in [2.75, 3.05) is 32.8 Å². The number of amides is 1. The van der Waals surface area contributed by atoms with Gasteiger partial charge >= 0.3 is 0 Å². The molecule has 1 fully saturated rings. The first-order valence-corrected chi connectivity index (χ1v) is 9.37. The van der Waals surface area contributed by atoms with Crippen LogP contribution in [-0.4, -0.2) is 42.7 Å². The predicted octanol–water partition coefficient (Wildman–Crippen LogP) is 3.64. The van der Waals surface area contributed by atoms with E-state index in [-0.39, 0.29) is 0 Å². The lowest BCUT2D eigenvalue weighted by Crippen LogP contribution is -2.14. The summed E-state index contributed by atoms with van der Waals surface area (Å²) in [5, 5.41) is 2.69. The molecule has 0 bridgehead atoms. The van der Waals surface area contributed by atoms with Crippen LogP contribution in [0.5, 0.6) is 11.5 Å². The van der Waals surface area contributed by atoms with Gasteiger partial charge in [0.05, 0.1) is 25.5 Å². The van der Waals surface area contributed by atoms with Crippen LogP contribution >= 0.6 is 0 Å². The van der Waals surface area contributed by atoms with Crippen LogP contribution in [0.15, 0.2) is 36.7 Å². The maximum Gasteiger partial charge on any atom is 0.260 e. The number of methoxy groups -OCH3 is 2. The number of hydrogen-bond donors (Lipinski definition) is 1. The first kappa shape index (κ1) is 19.2. The summed E-state index contributed by atoms with van der Waals surface area (Å²) in [5.41, 5.74) is 2.29. The first-order chi connectivity index (χ1) is 14.1. The van der Waals surface area contributed by atoms with Gasteiger partial charge in [0, 0.05) is 55.4 Å². The van der Waals surface area contributed by atoms with Gasteiger partial charge in [-0.3, -0.25) is 4.79 Å². The fourth-order valence-corrected chi connectivity index (χ4v) is 3.52. The highest BCUT2D eigenvalue weighted by Gasteiger charge is 2.21. The maximum atomic E-state index is 13.7. The van der Waals surface area contributed by atoms with Gasteiger partial charge in [-0.25, -0.2) is 9.37 Å². The molecule has 0 radical (unpaired) electrons. The fraction of sp³-hybridized carbons (Fsp3) is 0.333. The van der Waals surface area contributed by atoms with E-state index in [2.05, 4.69) is 5.32 Å². The summed E-state index contributed by atoms with van der Waals surface area (Å²) < 4.78 is 31.4. The Morgan fingerprint density at radius 1 is 1.17 bits per heavy atom. The van der Waals surface area contributed by atoms with Crippen molar-refractivity contribution in [3.8, 4) is 11.5 Å². The van der Waals surface area contributed by atoms with Gasteiger partial charge in [-0.15, -0.1) is 0 Å². The van der Waals surface area contributed by atoms with Crippen molar-refractivity contribution in [3.05, 3.63) is 53.7 Å². The van der Waals surface area contributed by atoms with E-state index in [9.17, 15) is 9.18 Å². The van der Waals surface area contributed by atoms with Crippen molar-refractivity contribution in [3.63, 3.8) is 0 Å². The first-order valence-electron chi connectivity index (χ1n) is 9.37. The Labute approximate surface area is 167 Å². The lowest BCUT2D eigenvalue weighted by molar-refractivity contribution is 0.0846. The molecule has 7 nitrogen and oxygen atoms in total. The number of fused-ring (bicyclic) bond motifs is 1. The van der Waals surface area contributed by atoms with E-state index in [0.717, 1.165) is 31.7 Å². The summed E-state index contributed by atoms with van der Waals surface area (Å²) in [5.74, 6) is 0.128. The zero-order valence-corrected chi connectivity index (χ0v) is 16.3. The van der Waals surface area contributed by atoms with E-state index >= 15 is 0 Å². The minimum atomic E-state index is -0.502. The molecule has 3 aromatic rings. The largest absolute Gasteiger partial charge is 0.497 e. The highest BCUT2D eigenvalue weighted by atomic mass is 19.1. The Balaban J connectivity index is 1.65. The van der Waals surface area contributed by atoms with Crippen LogP contribution in [0.1, 0.15) is 34.8 Å². The maximum absolute atomic E-state index is 13.7. The van der Waals surface area contributed by atoms with Gasteiger partial charge in [-0.2, -0.15) is 0 Å². The number of pyridine rings is 1. The highest BCUT2D eigenvalue weighted by Crippen LogP contribution is 2.29. The quantitative estimate of drug-likeness (QED) is 0.709. The number of nitrogens with one attached hydrogen (secondary N) is 1. The average molecular weight is 399 g/mol. The van der Waals surface area contributed by atoms with Gasteiger partial charge in [0.1, 0.15) is 23.0 Å². The van der Waals surface area contributed by atoms with Crippen molar-refractivity contribution >= 4 is 17.2 Å². The molecule has 1 saturated heterocycles. The minimum absolute atomic E-state index is 0.294. The third-order valence-corrected chi connectivity index (χ3v) is 5.04. The van der Waals surface area contributed by atoms with Crippen LogP contribution in [0.4, 0.5) is 10.1 Å². The van der Waals surface area contributed by atoms with Gasteiger partial charge in [-0.05, 0) is 18.9 Å². The van der Waals surface area contributed by atoms with Gasteiger partial charge in [0.25, 0.3) is 5.91 Å². The van der Waals surface area contributed by atoms with Crippen LogP contribution in [0, 0.1) is 5.82 Å². The van der Waals surface area contributed by atoms with E-state index in [1.54, 1.807) is 18.3 Å². The number of benzene rings is 1. The molecule has 152 valence electrons. The lowest BCUT2D eigenvalue weighted by atomic mass is 9.97. The SMILES string of the molecule is COc1cc(F)cc(NC(=O)c2cn3cc(C4CCOCC4)nc3cc2OC)c1. The number of anilines is 1. The van der Waals surface area contributed by atoms with E-state index in [4.69, 9.17) is 19.2 Å². The van der Waals surface area contributed by atoms with Crippen LogP contribution in [0.2, 0.25) is 0 Å². The molecule has 1 amide bonds. The van der Waals surface area contributed by atoms with Crippen molar-refractivity contribution in [2.24, 2.45) is 0 Å². The number of hydrogen-bond acceptors (Lipinski definition) is 5. The van der Waals surface area contributed by atoms with Crippen molar-refractivity contribution in [2.45, 2.75) is 18.8 Å². The van der Waals surface area contributed by atoms with Crippen LogP contribution in [0.25, 0.3) is 5.65 Å². The number of carbonyl (C=O) groups excluding carboxylic acids is 1. The number of nitrogens with zero attached hydrogens (tertiary/aromatic N) is 2. The fourth-order valence-electron chi connectivity index (χ4n) is 3.52. The third-order valence-electron chi connectivity index (χ3n) is 5.04. The Hall–Kier alpha value is -3.13. The molecule has 0 spiro atoms. The van der Waals surface area contributed by atoms with Crippen molar-refractivity contribution in [1.29, 1.82) is 0 Å². The molecule has 0 atom stereocenters. The Morgan fingerprint density at radius 3 is 2.69 bits per heavy atom. The Kier molecular flexibility index (Phi) is 5.35. The molecule has 0 aliphatic carbocycles. The molecule has 3 heterocycles. The van der Waals surface area contributed by atoms with Gasteiger partial charge < -0.3 is 23.9 Å². The second kappa shape index (κ2) is 8.08. The molecule has 0 unspecified atom stereocenters. The Morgan fingerprint density at radius 2 is 1.97 bits per heavy atom. The van der Waals surface area contributed by atoms with Crippen molar-refractivity contribution in [1.82, 2.24) is 9.38 Å². The number of rotatable bonds is 5. The predicted molar refractivity (Wildman–Crippen MR) is 105 cm³/mol. The second-order valence-corrected chi connectivity index (χ2v) is 6.91. The summed E-state index contributed by atoms with van der Waals surface area (Å²) in [6.07, 6.45) is 5.47. The lowest BCUT2D eigenvalue weighted by Gasteiger charge is -2.19. The molecule has 1 aliphatic rings.